The van der Waals surface area contributed by atoms with E-state index in [-0.39, 0.29) is 11.9 Å². The highest BCUT2D eigenvalue weighted by Gasteiger charge is 2.23. The number of esters is 1. The van der Waals surface area contributed by atoms with Gasteiger partial charge in [0.15, 0.2) is 0 Å². The molecular weight excluding hydrogens is 276 g/mol. The van der Waals surface area contributed by atoms with Gasteiger partial charge in [0, 0.05) is 11.6 Å². The lowest BCUT2D eigenvalue weighted by Gasteiger charge is -2.13. The molecule has 0 spiro atoms. The molecule has 2 rings (SSSR count). The summed E-state index contributed by atoms with van der Waals surface area (Å²) in [6.07, 6.45) is 0.969. The fourth-order valence-electron chi connectivity index (χ4n) is 2.28. The van der Waals surface area contributed by atoms with Crippen molar-refractivity contribution in [3.8, 4) is 0 Å². The second kappa shape index (κ2) is 6.27. The zero-order chi connectivity index (χ0) is 14.7. The van der Waals surface area contributed by atoms with E-state index >= 15 is 0 Å². The predicted molar refractivity (Wildman–Crippen MR) is 80.1 cm³/mol. The number of aryl methyl sites for hydroxylation is 1. The van der Waals surface area contributed by atoms with Crippen LogP contribution in [0.5, 0.6) is 0 Å². The van der Waals surface area contributed by atoms with E-state index in [1.54, 1.807) is 6.92 Å². The highest BCUT2D eigenvalue weighted by Crippen LogP contribution is 2.25. The van der Waals surface area contributed by atoms with Crippen LogP contribution in [0.1, 0.15) is 38.9 Å². The smallest absolute Gasteiger partial charge is 0.316 e. The van der Waals surface area contributed by atoms with Crippen molar-refractivity contribution in [1.29, 1.82) is 0 Å². The van der Waals surface area contributed by atoms with Crippen LogP contribution in [0.15, 0.2) is 18.2 Å². The molecule has 0 saturated heterocycles. The zero-order valence-corrected chi connectivity index (χ0v) is 12.8. The third-order valence-electron chi connectivity index (χ3n) is 3.21. The standard InChI is InChI=1S/C15H19ClN2O2/c1-4-8-18-13-7-6-11(16)9-12(13)17-14(18)10(3)15(19)20-5-2/h6-7,9-10H,4-5,8H2,1-3H3. The summed E-state index contributed by atoms with van der Waals surface area (Å²) in [5.41, 5.74) is 1.82. The molecule has 0 fully saturated rings. The molecule has 1 atom stereocenters. The minimum Gasteiger partial charge on any atom is -0.465 e. The maximum Gasteiger partial charge on any atom is 0.316 e. The Kier molecular flexibility index (Phi) is 4.65. The van der Waals surface area contributed by atoms with Crippen LogP contribution in [-0.2, 0) is 16.1 Å². The van der Waals surface area contributed by atoms with E-state index in [1.807, 2.05) is 25.1 Å². The van der Waals surface area contributed by atoms with Gasteiger partial charge >= 0.3 is 5.97 Å². The van der Waals surface area contributed by atoms with Crippen molar-refractivity contribution in [3.63, 3.8) is 0 Å². The molecule has 4 nitrogen and oxygen atoms in total. The normalized spacial score (nSPS) is 12.6. The lowest BCUT2D eigenvalue weighted by Crippen LogP contribution is -2.17. The third kappa shape index (κ3) is 2.80. The number of ether oxygens (including phenoxy) is 1. The largest absolute Gasteiger partial charge is 0.465 e. The van der Waals surface area contributed by atoms with Gasteiger partial charge in [-0.2, -0.15) is 0 Å². The number of imidazole rings is 1. The van der Waals surface area contributed by atoms with E-state index in [4.69, 9.17) is 16.3 Å². The van der Waals surface area contributed by atoms with Gasteiger partial charge < -0.3 is 9.30 Å². The van der Waals surface area contributed by atoms with Gasteiger partial charge in [-0.1, -0.05) is 18.5 Å². The van der Waals surface area contributed by atoms with Crippen molar-refractivity contribution in [2.75, 3.05) is 6.61 Å². The molecule has 0 saturated carbocycles. The summed E-state index contributed by atoms with van der Waals surface area (Å²) < 4.78 is 7.17. The van der Waals surface area contributed by atoms with E-state index in [0.29, 0.717) is 11.6 Å². The van der Waals surface area contributed by atoms with E-state index in [1.165, 1.54) is 0 Å². The van der Waals surface area contributed by atoms with Gasteiger partial charge in [0.2, 0.25) is 0 Å². The SMILES string of the molecule is CCCn1c(C(C)C(=O)OCC)nc2cc(Cl)ccc21. The Morgan fingerprint density at radius 3 is 2.85 bits per heavy atom. The van der Waals surface area contributed by atoms with Crippen molar-refractivity contribution >= 4 is 28.6 Å². The van der Waals surface area contributed by atoms with Crippen LogP contribution in [0.3, 0.4) is 0 Å². The summed E-state index contributed by atoms with van der Waals surface area (Å²) in [5, 5.41) is 0.647. The number of rotatable bonds is 5. The molecule has 0 aliphatic heterocycles. The summed E-state index contributed by atoms with van der Waals surface area (Å²) in [7, 11) is 0. The average Bonchev–Trinajstić information content (AvgIpc) is 2.76. The summed E-state index contributed by atoms with van der Waals surface area (Å²) >= 11 is 6.01. The van der Waals surface area contributed by atoms with E-state index < -0.39 is 0 Å². The minimum atomic E-state index is -0.382. The van der Waals surface area contributed by atoms with Gasteiger partial charge in [-0.3, -0.25) is 4.79 Å². The van der Waals surface area contributed by atoms with Crippen molar-refractivity contribution in [2.24, 2.45) is 0 Å². The first kappa shape index (κ1) is 14.9. The van der Waals surface area contributed by atoms with Crippen molar-refractivity contribution in [2.45, 2.75) is 39.7 Å². The number of hydrogen-bond acceptors (Lipinski definition) is 3. The maximum atomic E-state index is 11.9. The van der Waals surface area contributed by atoms with Gasteiger partial charge in [0.05, 0.1) is 17.6 Å². The molecule has 5 heteroatoms. The molecular formula is C15H19ClN2O2. The molecule has 1 heterocycles. The Morgan fingerprint density at radius 2 is 2.20 bits per heavy atom. The monoisotopic (exact) mass is 294 g/mol. The number of carbonyl (C=O) groups excluding carboxylic acids is 1. The number of hydrogen-bond donors (Lipinski definition) is 0. The highest BCUT2D eigenvalue weighted by molar-refractivity contribution is 6.31. The van der Waals surface area contributed by atoms with Gasteiger partial charge in [-0.25, -0.2) is 4.98 Å². The van der Waals surface area contributed by atoms with Gasteiger partial charge in [-0.05, 0) is 38.5 Å². The van der Waals surface area contributed by atoms with Crippen molar-refractivity contribution < 1.29 is 9.53 Å². The Labute approximate surface area is 123 Å². The lowest BCUT2D eigenvalue weighted by molar-refractivity contribution is -0.144. The van der Waals surface area contributed by atoms with Crippen LogP contribution < -0.4 is 0 Å². The fraction of sp³-hybridized carbons (Fsp3) is 0.467. The van der Waals surface area contributed by atoms with E-state index in [9.17, 15) is 4.79 Å². The number of carbonyl (C=O) groups is 1. The predicted octanol–water partition coefficient (Wildman–Crippen LogP) is 3.77. The molecule has 0 N–H and O–H groups in total. The van der Waals surface area contributed by atoms with Crippen LogP contribution in [0, 0.1) is 0 Å². The van der Waals surface area contributed by atoms with Crippen molar-refractivity contribution in [1.82, 2.24) is 9.55 Å². The molecule has 0 amide bonds. The Morgan fingerprint density at radius 1 is 1.45 bits per heavy atom. The number of nitrogens with zero attached hydrogens (tertiary/aromatic N) is 2. The average molecular weight is 295 g/mol. The van der Waals surface area contributed by atoms with E-state index in [0.717, 1.165) is 29.8 Å². The molecule has 1 aromatic carbocycles. The maximum absolute atomic E-state index is 11.9. The van der Waals surface area contributed by atoms with Crippen LogP contribution in [-0.4, -0.2) is 22.1 Å². The summed E-state index contributed by atoms with van der Waals surface area (Å²) in [6, 6.07) is 5.61. The molecule has 20 heavy (non-hydrogen) atoms. The lowest BCUT2D eigenvalue weighted by atomic mass is 10.1. The molecule has 1 unspecified atom stereocenters. The fourth-order valence-corrected chi connectivity index (χ4v) is 2.45. The first-order chi connectivity index (χ1) is 9.58. The van der Waals surface area contributed by atoms with Gasteiger partial charge in [0.1, 0.15) is 11.7 Å². The summed E-state index contributed by atoms with van der Waals surface area (Å²) in [4.78, 5) is 16.5. The van der Waals surface area contributed by atoms with Crippen LogP contribution >= 0.6 is 11.6 Å². The molecule has 108 valence electrons. The third-order valence-corrected chi connectivity index (χ3v) is 3.45. The molecule has 0 aliphatic rings. The molecule has 0 aliphatic carbocycles. The first-order valence-corrected chi connectivity index (χ1v) is 7.28. The number of aromatic nitrogens is 2. The van der Waals surface area contributed by atoms with Crippen LogP contribution in [0.2, 0.25) is 5.02 Å². The summed E-state index contributed by atoms with van der Waals surface area (Å²) in [6.45, 7) is 6.92. The number of halogens is 1. The van der Waals surface area contributed by atoms with E-state index in [2.05, 4.69) is 16.5 Å². The number of benzene rings is 1. The molecule has 2 aromatic rings. The molecule has 0 radical (unpaired) electrons. The Bertz CT molecular complexity index is 622. The van der Waals surface area contributed by atoms with Crippen molar-refractivity contribution in [3.05, 3.63) is 29.0 Å². The number of fused-ring (bicyclic) bond motifs is 1. The molecule has 1 aromatic heterocycles. The highest BCUT2D eigenvalue weighted by atomic mass is 35.5. The van der Waals surface area contributed by atoms with Crippen LogP contribution in [0.4, 0.5) is 0 Å². The quantitative estimate of drug-likeness (QED) is 0.789. The second-order valence-electron chi connectivity index (χ2n) is 4.73. The van der Waals surface area contributed by atoms with Crippen LogP contribution in [0.25, 0.3) is 11.0 Å². The first-order valence-electron chi connectivity index (χ1n) is 6.90. The topological polar surface area (TPSA) is 44.1 Å². The Hall–Kier alpha value is -1.55. The summed E-state index contributed by atoms with van der Waals surface area (Å²) in [5.74, 6) is 0.112. The Balaban J connectivity index is 2.50. The molecule has 0 bridgehead atoms. The minimum absolute atomic E-state index is 0.244. The second-order valence-corrected chi connectivity index (χ2v) is 5.16. The zero-order valence-electron chi connectivity index (χ0n) is 12.0. The van der Waals surface area contributed by atoms with Gasteiger partial charge in [0.25, 0.3) is 0 Å². The van der Waals surface area contributed by atoms with Gasteiger partial charge in [-0.15, -0.1) is 0 Å².